The molecule has 0 rings (SSSR count). The number of nitrogens with zero attached hydrogens (tertiary/aromatic N) is 1. The van der Waals surface area contributed by atoms with Crippen molar-refractivity contribution in [3.05, 3.63) is 4.91 Å². The van der Waals surface area contributed by atoms with Crippen LogP contribution in [-0.4, -0.2) is 11.2 Å². The van der Waals surface area contributed by atoms with Gasteiger partial charge in [-0.05, 0) is 6.92 Å². The number of carbonyl (C=O) groups is 1. The minimum Gasteiger partial charge on any atom is -0.369 e. The summed E-state index contributed by atoms with van der Waals surface area (Å²) >= 11 is 0.634. The maximum Gasteiger partial charge on any atom is 0.232 e. The zero-order valence-corrected chi connectivity index (χ0v) is 5.14. The van der Waals surface area contributed by atoms with Crippen LogP contribution in [0.3, 0.4) is 0 Å². The van der Waals surface area contributed by atoms with Gasteiger partial charge >= 0.3 is 0 Å². The number of amides is 1. The zero-order valence-electron chi connectivity index (χ0n) is 4.33. The van der Waals surface area contributed by atoms with Crippen molar-refractivity contribution in [2.45, 2.75) is 12.2 Å². The van der Waals surface area contributed by atoms with Gasteiger partial charge < -0.3 is 5.73 Å². The molecule has 4 nitrogen and oxygen atoms in total. The lowest BCUT2D eigenvalue weighted by Gasteiger charge is -1.95. The van der Waals surface area contributed by atoms with Crippen LogP contribution in [-0.2, 0) is 4.79 Å². The summed E-state index contributed by atoms with van der Waals surface area (Å²) in [4.78, 5) is 19.5. The molecule has 0 saturated heterocycles. The molecule has 0 aromatic heterocycles. The summed E-state index contributed by atoms with van der Waals surface area (Å²) in [7, 11) is 0. The van der Waals surface area contributed by atoms with Gasteiger partial charge in [-0.3, -0.25) is 4.79 Å². The minimum atomic E-state index is -0.519. The fraction of sp³-hybridized carbons (Fsp3) is 0.667. The molecule has 0 aromatic rings. The second kappa shape index (κ2) is 3.43. The minimum absolute atomic E-state index is 0.507. The predicted octanol–water partition coefficient (Wildman–Crippen LogP) is 0.275. The average Bonchev–Trinajstić information content (AvgIpc) is 1.67. The summed E-state index contributed by atoms with van der Waals surface area (Å²) in [5, 5.41) is -0.507. The molecule has 0 aromatic carbocycles. The van der Waals surface area contributed by atoms with Crippen LogP contribution in [0, 0.1) is 4.91 Å². The van der Waals surface area contributed by atoms with Crippen molar-refractivity contribution < 1.29 is 4.79 Å². The predicted molar refractivity (Wildman–Crippen MR) is 32.0 cm³/mol. The molecule has 1 amide bonds. The first-order valence-electron chi connectivity index (χ1n) is 1.96. The van der Waals surface area contributed by atoms with Gasteiger partial charge in [-0.2, -0.15) is 0 Å². The van der Waals surface area contributed by atoms with Crippen molar-refractivity contribution >= 4 is 17.9 Å². The Bertz CT molecular complexity index is 105. The number of hydrogen-bond acceptors (Lipinski definition) is 4. The SMILES string of the molecule is CC(SN=O)C(N)=O. The third-order valence-corrected chi connectivity index (χ3v) is 1.24. The van der Waals surface area contributed by atoms with Crippen LogP contribution in [0.25, 0.3) is 0 Å². The molecule has 2 N–H and O–H groups in total. The Balaban J connectivity index is 3.46. The van der Waals surface area contributed by atoms with Crippen LogP contribution >= 0.6 is 11.9 Å². The van der Waals surface area contributed by atoms with Crippen molar-refractivity contribution in [1.29, 1.82) is 0 Å². The van der Waals surface area contributed by atoms with E-state index >= 15 is 0 Å². The molecular formula is C3H6N2O2S. The van der Waals surface area contributed by atoms with E-state index in [1.165, 1.54) is 6.92 Å². The van der Waals surface area contributed by atoms with Crippen molar-refractivity contribution in [1.82, 2.24) is 0 Å². The normalized spacial score (nSPS) is 12.6. The van der Waals surface area contributed by atoms with E-state index < -0.39 is 11.2 Å². The fourth-order valence-corrected chi connectivity index (χ4v) is 0.349. The smallest absolute Gasteiger partial charge is 0.232 e. The third kappa shape index (κ3) is 2.57. The first-order valence-corrected chi connectivity index (χ1v) is 2.80. The number of primary amides is 1. The third-order valence-electron chi connectivity index (χ3n) is 0.602. The van der Waals surface area contributed by atoms with Crippen LogP contribution in [0.2, 0.25) is 0 Å². The summed E-state index contributed by atoms with van der Waals surface area (Å²) in [6, 6.07) is 0. The van der Waals surface area contributed by atoms with Gasteiger partial charge in [0.2, 0.25) is 5.91 Å². The van der Waals surface area contributed by atoms with Gasteiger partial charge in [0.25, 0.3) is 0 Å². The van der Waals surface area contributed by atoms with E-state index in [1.807, 2.05) is 0 Å². The number of carbonyl (C=O) groups excluding carboxylic acids is 1. The molecule has 0 fully saturated rings. The standard InChI is InChI=1S/C3H6N2O2S/c1-2(3(4)6)8-5-7/h2H,1H3,(H2,4,6). The zero-order chi connectivity index (χ0) is 6.57. The molecule has 5 heteroatoms. The monoisotopic (exact) mass is 134 g/mol. The summed E-state index contributed by atoms with van der Waals surface area (Å²) in [5.41, 5.74) is 4.76. The molecule has 0 heterocycles. The molecule has 46 valence electrons. The lowest BCUT2D eigenvalue weighted by Crippen LogP contribution is -2.21. The van der Waals surface area contributed by atoms with E-state index in [1.54, 1.807) is 0 Å². The van der Waals surface area contributed by atoms with E-state index in [-0.39, 0.29) is 0 Å². The second-order valence-corrected chi connectivity index (χ2v) is 2.29. The molecule has 0 spiro atoms. The lowest BCUT2D eigenvalue weighted by atomic mass is 10.5. The Morgan fingerprint density at radius 2 is 2.38 bits per heavy atom. The molecule has 0 bridgehead atoms. The molecule has 1 unspecified atom stereocenters. The van der Waals surface area contributed by atoms with E-state index in [4.69, 9.17) is 5.73 Å². The van der Waals surface area contributed by atoms with Gasteiger partial charge in [0.05, 0.1) is 0 Å². The van der Waals surface area contributed by atoms with Gasteiger partial charge in [-0.25, -0.2) is 0 Å². The highest BCUT2D eigenvalue weighted by molar-refractivity contribution is 7.99. The number of nitroso groups, excluding NO2 is 1. The van der Waals surface area contributed by atoms with E-state index in [0.717, 1.165) is 0 Å². The fourth-order valence-electron chi connectivity index (χ4n) is 0.116. The van der Waals surface area contributed by atoms with Gasteiger partial charge in [-0.1, -0.05) is 0 Å². The second-order valence-electron chi connectivity index (χ2n) is 1.22. The van der Waals surface area contributed by atoms with Crippen LogP contribution in [0.1, 0.15) is 6.92 Å². The topological polar surface area (TPSA) is 72.5 Å². The molecule has 0 radical (unpaired) electrons. The Morgan fingerprint density at radius 3 is 2.50 bits per heavy atom. The quantitative estimate of drug-likeness (QED) is 0.445. The highest BCUT2D eigenvalue weighted by Crippen LogP contribution is 2.08. The number of nitrogens with two attached hydrogens (primary N) is 1. The van der Waals surface area contributed by atoms with E-state index in [9.17, 15) is 9.70 Å². The van der Waals surface area contributed by atoms with Crippen molar-refractivity contribution in [2.24, 2.45) is 10.3 Å². The van der Waals surface area contributed by atoms with Gasteiger partial charge in [0, 0.05) is 16.5 Å². The summed E-state index contributed by atoms with van der Waals surface area (Å²) in [6.45, 7) is 1.52. The van der Waals surface area contributed by atoms with Crippen molar-refractivity contribution in [2.75, 3.05) is 0 Å². The molecule has 0 aliphatic heterocycles. The van der Waals surface area contributed by atoms with Crippen molar-refractivity contribution in [3.8, 4) is 0 Å². The van der Waals surface area contributed by atoms with Gasteiger partial charge in [0.1, 0.15) is 5.25 Å². The number of rotatable bonds is 3. The first-order chi connectivity index (χ1) is 3.68. The highest BCUT2D eigenvalue weighted by atomic mass is 32.2. The summed E-state index contributed by atoms with van der Waals surface area (Å²) in [5.74, 6) is -0.519. The molecule has 8 heavy (non-hydrogen) atoms. The average molecular weight is 134 g/mol. The number of hydrogen-bond donors (Lipinski definition) is 1. The van der Waals surface area contributed by atoms with Crippen LogP contribution in [0.5, 0.6) is 0 Å². The maximum atomic E-state index is 10.1. The first kappa shape index (κ1) is 7.42. The van der Waals surface area contributed by atoms with E-state index in [2.05, 4.69) is 4.58 Å². The Morgan fingerprint density at radius 1 is 1.88 bits per heavy atom. The molecule has 1 atom stereocenters. The van der Waals surface area contributed by atoms with E-state index in [0.29, 0.717) is 11.9 Å². The van der Waals surface area contributed by atoms with Crippen LogP contribution in [0.4, 0.5) is 0 Å². The highest BCUT2D eigenvalue weighted by Gasteiger charge is 2.07. The maximum absolute atomic E-state index is 10.1. The molecule has 0 saturated carbocycles. The van der Waals surface area contributed by atoms with Gasteiger partial charge in [-0.15, -0.1) is 4.91 Å². The largest absolute Gasteiger partial charge is 0.369 e. The van der Waals surface area contributed by atoms with Crippen LogP contribution < -0.4 is 5.73 Å². The molecule has 0 aliphatic rings. The molecular weight excluding hydrogens is 128 g/mol. The summed E-state index contributed by atoms with van der Waals surface area (Å²) < 4.78 is 2.42. The summed E-state index contributed by atoms with van der Waals surface area (Å²) in [6.07, 6.45) is 0. The van der Waals surface area contributed by atoms with Crippen LogP contribution in [0.15, 0.2) is 4.58 Å². The van der Waals surface area contributed by atoms with Gasteiger partial charge in [0.15, 0.2) is 0 Å². The Kier molecular flexibility index (Phi) is 3.18. The Hall–Kier alpha value is -0.580. The Labute approximate surface area is 50.9 Å². The lowest BCUT2D eigenvalue weighted by molar-refractivity contribution is -0.117. The van der Waals surface area contributed by atoms with Crippen molar-refractivity contribution in [3.63, 3.8) is 0 Å². The molecule has 0 aliphatic carbocycles.